The molecule has 0 N–H and O–H groups in total. The number of aromatic nitrogens is 2. The smallest absolute Gasteiger partial charge is 0.334 e. The van der Waals surface area contributed by atoms with E-state index in [4.69, 9.17) is 0 Å². The molecule has 20 heavy (non-hydrogen) atoms. The summed E-state index contributed by atoms with van der Waals surface area (Å²) in [5, 5.41) is 0. The number of nitrogens with zero attached hydrogens (tertiary/aromatic N) is 2. The van der Waals surface area contributed by atoms with Crippen molar-refractivity contribution >= 4 is 0 Å². The average molecular weight is 290 g/mol. The molecule has 0 aliphatic carbocycles. The molecule has 0 saturated carbocycles. The summed E-state index contributed by atoms with van der Waals surface area (Å²) in [6.07, 6.45) is -1.14. The molecular weight excluding hydrogens is 265 g/mol. The first-order chi connectivity index (χ1) is 9.14. The van der Waals surface area contributed by atoms with Gasteiger partial charge in [-0.2, -0.15) is 13.2 Å². The van der Waals surface area contributed by atoms with Gasteiger partial charge in [-0.15, -0.1) is 0 Å². The summed E-state index contributed by atoms with van der Waals surface area (Å²) >= 11 is 0. The molecule has 0 spiro atoms. The molecule has 0 radical (unpaired) electrons. The van der Waals surface area contributed by atoms with Crippen molar-refractivity contribution in [3.63, 3.8) is 0 Å². The molecule has 0 aliphatic heterocycles. The number of hydrogen-bond donors (Lipinski definition) is 0. The molecule has 5 heteroatoms. The van der Waals surface area contributed by atoms with E-state index in [-0.39, 0.29) is 5.92 Å². The fraction of sp³-hybridized carbons (Fsp3) is 0.800. The van der Waals surface area contributed by atoms with Crippen molar-refractivity contribution in [2.24, 2.45) is 13.0 Å². The fourth-order valence-corrected chi connectivity index (χ4v) is 2.43. The van der Waals surface area contributed by atoms with Crippen LogP contribution < -0.4 is 0 Å². The van der Waals surface area contributed by atoms with Gasteiger partial charge in [0.05, 0.1) is 0 Å². The van der Waals surface area contributed by atoms with Crippen molar-refractivity contribution in [3.05, 3.63) is 17.2 Å². The average Bonchev–Trinajstić information content (AvgIpc) is 2.61. The van der Waals surface area contributed by atoms with Crippen LogP contribution in [0, 0.1) is 5.92 Å². The van der Waals surface area contributed by atoms with Crippen LogP contribution in [0.3, 0.4) is 0 Å². The summed E-state index contributed by atoms with van der Waals surface area (Å²) < 4.78 is 40.8. The third kappa shape index (κ3) is 4.25. The lowest BCUT2D eigenvalue weighted by molar-refractivity contribution is -0.141. The Balaban J connectivity index is 2.92. The zero-order chi connectivity index (χ0) is 15.5. The molecule has 116 valence electrons. The topological polar surface area (TPSA) is 17.8 Å². The zero-order valence-electron chi connectivity index (χ0n) is 13.0. The van der Waals surface area contributed by atoms with Gasteiger partial charge in [0.25, 0.3) is 0 Å². The van der Waals surface area contributed by atoms with Crippen molar-refractivity contribution < 1.29 is 13.2 Å². The van der Waals surface area contributed by atoms with Crippen LogP contribution in [0.15, 0.2) is 0 Å². The lowest BCUT2D eigenvalue weighted by atomic mass is 10.0. The summed E-state index contributed by atoms with van der Waals surface area (Å²) in [4.78, 5) is 3.83. The molecule has 0 unspecified atom stereocenters. The maximum absolute atomic E-state index is 13.1. The van der Waals surface area contributed by atoms with Gasteiger partial charge in [-0.1, -0.05) is 40.5 Å². The van der Waals surface area contributed by atoms with Crippen LogP contribution in [-0.2, 0) is 19.6 Å². The number of unbranched alkanes of at least 4 members (excludes halogenated alkanes) is 1. The van der Waals surface area contributed by atoms with Gasteiger partial charge in [-0.05, 0) is 18.8 Å². The molecule has 0 aromatic carbocycles. The van der Waals surface area contributed by atoms with Gasteiger partial charge in [0.2, 0.25) is 0 Å². The highest BCUT2D eigenvalue weighted by atomic mass is 19.4. The van der Waals surface area contributed by atoms with E-state index in [1.165, 1.54) is 0 Å². The normalized spacial score (nSPS) is 12.7. The minimum atomic E-state index is -4.36. The standard InChI is InChI=1S/C15H25F3N2/c1-10(2)8-6-7-9-12-13(15(16,17)18)19-14(11(3)4)20(12)5/h10-11H,6-9H2,1-5H3. The van der Waals surface area contributed by atoms with E-state index in [0.717, 1.165) is 19.3 Å². The molecule has 2 nitrogen and oxygen atoms in total. The molecule has 0 bridgehead atoms. The Bertz CT molecular complexity index is 431. The Morgan fingerprint density at radius 1 is 1.10 bits per heavy atom. The SMILES string of the molecule is CC(C)CCCCc1c(C(F)(F)F)nc(C(C)C)n1C. The molecule has 1 aromatic heterocycles. The van der Waals surface area contributed by atoms with Gasteiger partial charge in [0.15, 0.2) is 5.69 Å². The Morgan fingerprint density at radius 2 is 1.70 bits per heavy atom. The summed E-state index contributed by atoms with van der Waals surface area (Å²) in [6, 6.07) is 0. The Morgan fingerprint density at radius 3 is 2.15 bits per heavy atom. The lowest BCUT2D eigenvalue weighted by Gasteiger charge is -2.10. The number of hydrogen-bond acceptors (Lipinski definition) is 1. The molecule has 0 saturated heterocycles. The summed E-state index contributed by atoms with van der Waals surface area (Å²) in [5.74, 6) is 1.09. The predicted molar refractivity (Wildman–Crippen MR) is 74.7 cm³/mol. The van der Waals surface area contributed by atoms with Gasteiger partial charge >= 0.3 is 6.18 Å². The Labute approximate surface area is 119 Å². The third-order valence-corrected chi connectivity index (χ3v) is 3.48. The first-order valence-corrected chi connectivity index (χ1v) is 7.27. The lowest BCUT2D eigenvalue weighted by Crippen LogP contribution is -2.11. The highest BCUT2D eigenvalue weighted by molar-refractivity contribution is 5.21. The number of halogens is 3. The van der Waals surface area contributed by atoms with Crippen LogP contribution in [-0.4, -0.2) is 9.55 Å². The molecule has 0 amide bonds. The van der Waals surface area contributed by atoms with Crippen LogP contribution in [0.4, 0.5) is 13.2 Å². The molecule has 0 atom stereocenters. The van der Waals surface area contributed by atoms with Crippen molar-refractivity contribution in [2.75, 3.05) is 0 Å². The van der Waals surface area contributed by atoms with E-state index in [1.54, 1.807) is 11.6 Å². The van der Waals surface area contributed by atoms with E-state index in [1.807, 2.05) is 13.8 Å². The largest absolute Gasteiger partial charge is 0.435 e. The predicted octanol–water partition coefficient (Wildman–Crippen LogP) is 4.93. The Kier molecular flexibility index (Phi) is 5.66. The van der Waals surface area contributed by atoms with Gasteiger partial charge in [-0.3, -0.25) is 0 Å². The highest BCUT2D eigenvalue weighted by Gasteiger charge is 2.38. The molecule has 0 fully saturated rings. The highest BCUT2D eigenvalue weighted by Crippen LogP contribution is 2.33. The van der Waals surface area contributed by atoms with Crippen LogP contribution >= 0.6 is 0 Å². The summed E-state index contributed by atoms with van der Waals surface area (Å²) in [5.41, 5.74) is -0.377. The first-order valence-electron chi connectivity index (χ1n) is 7.27. The second-order valence-corrected chi connectivity index (χ2v) is 6.12. The van der Waals surface area contributed by atoms with Gasteiger partial charge < -0.3 is 4.57 Å². The van der Waals surface area contributed by atoms with Gasteiger partial charge in [-0.25, -0.2) is 4.98 Å². The summed E-state index contributed by atoms with van der Waals surface area (Å²) in [6.45, 7) is 7.99. The maximum atomic E-state index is 13.1. The Hall–Kier alpha value is -1.00. The number of imidazole rings is 1. The molecular formula is C15H25F3N2. The molecule has 1 heterocycles. The van der Waals surface area contributed by atoms with Crippen LogP contribution in [0.2, 0.25) is 0 Å². The second kappa shape index (κ2) is 6.64. The van der Waals surface area contributed by atoms with E-state index in [2.05, 4.69) is 18.8 Å². The van der Waals surface area contributed by atoms with Crippen LogP contribution in [0.5, 0.6) is 0 Å². The first kappa shape index (κ1) is 17.1. The quantitative estimate of drug-likeness (QED) is 0.679. The third-order valence-electron chi connectivity index (χ3n) is 3.48. The number of rotatable bonds is 6. The van der Waals surface area contributed by atoms with Gasteiger partial charge in [0.1, 0.15) is 5.82 Å². The van der Waals surface area contributed by atoms with Gasteiger partial charge in [0, 0.05) is 18.7 Å². The van der Waals surface area contributed by atoms with E-state index < -0.39 is 11.9 Å². The molecule has 1 aromatic rings. The van der Waals surface area contributed by atoms with E-state index in [0.29, 0.717) is 23.9 Å². The van der Waals surface area contributed by atoms with Crippen molar-refractivity contribution in [3.8, 4) is 0 Å². The van der Waals surface area contributed by atoms with Crippen LogP contribution in [0.1, 0.15) is 70.1 Å². The number of alkyl halides is 3. The zero-order valence-corrected chi connectivity index (χ0v) is 13.0. The second-order valence-electron chi connectivity index (χ2n) is 6.12. The minimum Gasteiger partial charge on any atom is -0.334 e. The monoisotopic (exact) mass is 290 g/mol. The molecule has 0 aliphatic rings. The minimum absolute atomic E-state index is 0.00878. The fourth-order valence-electron chi connectivity index (χ4n) is 2.43. The van der Waals surface area contributed by atoms with Crippen molar-refractivity contribution in [2.45, 2.75) is 65.5 Å². The maximum Gasteiger partial charge on any atom is 0.435 e. The van der Waals surface area contributed by atoms with Crippen LogP contribution in [0.25, 0.3) is 0 Å². The summed E-state index contributed by atoms with van der Waals surface area (Å²) in [7, 11) is 1.69. The molecule has 1 rings (SSSR count). The van der Waals surface area contributed by atoms with Crippen molar-refractivity contribution in [1.82, 2.24) is 9.55 Å². The van der Waals surface area contributed by atoms with E-state index >= 15 is 0 Å². The van der Waals surface area contributed by atoms with Crippen molar-refractivity contribution in [1.29, 1.82) is 0 Å². The van der Waals surface area contributed by atoms with E-state index in [9.17, 15) is 13.2 Å².